The molecule has 0 heterocycles. The normalized spacial score (nSPS) is 34.4. The van der Waals surface area contributed by atoms with Crippen LogP contribution in [0.25, 0.3) is 0 Å². The van der Waals surface area contributed by atoms with Gasteiger partial charge in [0.15, 0.2) is 0 Å². The Bertz CT molecular complexity index is 670. The zero-order valence-electron chi connectivity index (χ0n) is 17.8. The molecule has 4 atom stereocenters. The molecule has 2 nitrogen and oxygen atoms in total. The van der Waals surface area contributed by atoms with Gasteiger partial charge in [-0.05, 0) is 99.4 Å². The minimum atomic E-state index is -0.182. The summed E-state index contributed by atoms with van der Waals surface area (Å²) in [6, 6.07) is 0. The molecular formula is C26H39NO. The van der Waals surface area contributed by atoms with Crippen LogP contribution in [0.4, 0.5) is 0 Å². The topological polar surface area (TPSA) is 43.1 Å². The van der Waals surface area contributed by atoms with Gasteiger partial charge >= 0.3 is 0 Å². The third-order valence-electron chi connectivity index (χ3n) is 7.95. The van der Waals surface area contributed by atoms with Crippen LogP contribution in [0.1, 0.15) is 84.0 Å². The van der Waals surface area contributed by atoms with Crippen LogP contribution in [0.15, 0.2) is 48.1 Å². The first-order chi connectivity index (χ1) is 13.5. The predicted octanol–water partition coefficient (Wildman–Crippen LogP) is 6.64. The number of allylic oxidation sites excluding steroid dienone is 6. The predicted molar refractivity (Wildman–Crippen MR) is 119 cm³/mol. The van der Waals surface area contributed by atoms with Gasteiger partial charge in [0.1, 0.15) is 0 Å². The zero-order chi connectivity index (χ0) is 20.1. The molecule has 3 fully saturated rings. The zero-order valence-corrected chi connectivity index (χ0v) is 17.8. The molecule has 0 aromatic carbocycles. The highest BCUT2D eigenvalue weighted by molar-refractivity contribution is 5.73. The summed E-state index contributed by atoms with van der Waals surface area (Å²) in [6.07, 6.45) is 20.9. The molecule has 2 N–H and O–H groups in total. The molecule has 0 radical (unpaired) electrons. The second kappa shape index (κ2) is 9.29. The molecule has 3 rings (SSSR count). The number of rotatable bonds is 7. The minimum absolute atomic E-state index is 0.182. The molecule has 0 bridgehead atoms. The second-order valence-corrected chi connectivity index (χ2v) is 9.60. The molecule has 1 amide bonds. The van der Waals surface area contributed by atoms with Crippen molar-refractivity contribution in [1.82, 2.24) is 0 Å². The second-order valence-electron chi connectivity index (χ2n) is 9.60. The molecule has 0 aliphatic heterocycles. The van der Waals surface area contributed by atoms with E-state index in [4.69, 9.17) is 5.73 Å². The number of amides is 1. The third-order valence-corrected chi connectivity index (χ3v) is 7.95. The summed E-state index contributed by atoms with van der Waals surface area (Å²) in [5, 5.41) is 0. The first-order valence-electron chi connectivity index (χ1n) is 11.4. The molecular weight excluding hydrogens is 342 g/mol. The van der Waals surface area contributed by atoms with Crippen molar-refractivity contribution in [1.29, 1.82) is 0 Å². The number of hydrogen-bond acceptors (Lipinski definition) is 1. The maximum Gasteiger partial charge on any atom is 0.217 e. The average molecular weight is 382 g/mol. The first kappa shape index (κ1) is 21.1. The first-order valence-corrected chi connectivity index (χ1v) is 11.4. The summed E-state index contributed by atoms with van der Waals surface area (Å²) in [7, 11) is 0. The Kier molecular flexibility index (Phi) is 7.01. The Hall–Kier alpha value is -1.57. The molecule has 154 valence electrons. The van der Waals surface area contributed by atoms with Gasteiger partial charge in [0, 0.05) is 6.42 Å². The fourth-order valence-corrected chi connectivity index (χ4v) is 6.38. The van der Waals surface area contributed by atoms with Crippen molar-refractivity contribution >= 4 is 5.91 Å². The fraction of sp³-hybridized carbons (Fsp3) is 0.654. The Labute approximate surface area is 172 Å². The molecule has 0 spiro atoms. The summed E-state index contributed by atoms with van der Waals surface area (Å²) in [4.78, 5) is 11.1. The van der Waals surface area contributed by atoms with Crippen LogP contribution in [0.2, 0.25) is 0 Å². The van der Waals surface area contributed by atoms with E-state index >= 15 is 0 Å². The SMILES string of the molecule is C=C[C@H](CCCC(N)=O)[C@H]1CCC2/C(=C/C=C3/CCCCC3=C)CCC[C@@]21C. The third kappa shape index (κ3) is 4.53. The van der Waals surface area contributed by atoms with Gasteiger partial charge in [0.2, 0.25) is 5.91 Å². The maximum absolute atomic E-state index is 11.1. The largest absolute Gasteiger partial charge is 0.370 e. The number of primary amides is 1. The Morgan fingerprint density at radius 2 is 2.00 bits per heavy atom. The van der Waals surface area contributed by atoms with Crippen molar-refractivity contribution in [3.63, 3.8) is 0 Å². The Morgan fingerprint density at radius 3 is 2.71 bits per heavy atom. The van der Waals surface area contributed by atoms with Crippen LogP contribution < -0.4 is 5.73 Å². The van der Waals surface area contributed by atoms with E-state index in [0.29, 0.717) is 29.6 Å². The lowest BCUT2D eigenvalue weighted by molar-refractivity contribution is -0.118. The van der Waals surface area contributed by atoms with Gasteiger partial charge in [0.25, 0.3) is 0 Å². The lowest BCUT2D eigenvalue weighted by Crippen LogP contribution is -2.36. The molecule has 3 aliphatic carbocycles. The number of hydrogen-bond donors (Lipinski definition) is 1. The average Bonchev–Trinajstić information content (AvgIpc) is 3.02. The number of carbonyl (C=O) groups excluding carboxylic acids is 1. The molecule has 28 heavy (non-hydrogen) atoms. The van der Waals surface area contributed by atoms with Gasteiger partial charge in [-0.25, -0.2) is 0 Å². The summed E-state index contributed by atoms with van der Waals surface area (Å²) in [5.41, 5.74) is 10.2. The fourth-order valence-electron chi connectivity index (χ4n) is 6.38. The number of nitrogens with two attached hydrogens (primary N) is 1. The highest BCUT2D eigenvalue weighted by Gasteiger charge is 2.50. The van der Waals surface area contributed by atoms with Crippen molar-refractivity contribution in [2.75, 3.05) is 0 Å². The standard InChI is InChI=1S/C26H39NO/c1-4-20(11-7-13-25(27)28)23-16-17-24-22(12-8-18-26(23,24)3)15-14-21-10-6-5-9-19(21)2/h4,14-15,20,23-24H,1-2,5-13,16-18H2,3H3,(H2,27,28)/b21-14-,22-15+/t20-,23-,24?,26-/m1/s1. The van der Waals surface area contributed by atoms with E-state index in [2.05, 4.69) is 38.3 Å². The number of carbonyl (C=O) groups is 1. The van der Waals surface area contributed by atoms with E-state index in [9.17, 15) is 4.79 Å². The summed E-state index contributed by atoms with van der Waals surface area (Å²) in [6.45, 7) is 11.0. The highest BCUT2D eigenvalue weighted by atomic mass is 16.1. The molecule has 0 aromatic rings. The van der Waals surface area contributed by atoms with E-state index in [1.54, 1.807) is 5.57 Å². The van der Waals surface area contributed by atoms with Crippen LogP contribution in [0.3, 0.4) is 0 Å². The maximum atomic E-state index is 11.1. The van der Waals surface area contributed by atoms with Crippen LogP contribution in [0, 0.1) is 23.2 Å². The van der Waals surface area contributed by atoms with Crippen molar-refractivity contribution in [3.05, 3.63) is 48.1 Å². The van der Waals surface area contributed by atoms with E-state index in [1.807, 2.05) is 0 Å². The highest BCUT2D eigenvalue weighted by Crippen LogP contribution is 2.60. The van der Waals surface area contributed by atoms with Gasteiger partial charge in [-0.15, -0.1) is 6.58 Å². The molecule has 3 aliphatic rings. The van der Waals surface area contributed by atoms with Crippen LogP contribution in [-0.2, 0) is 4.79 Å². The smallest absolute Gasteiger partial charge is 0.217 e. The van der Waals surface area contributed by atoms with Crippen molar-refractivity contribution in [2.24, 2.45) is 28.9 Å². The lowest BCUT2D eigenvalue weighted by atomic mass is 9.60. The molecule has 2 heteroatoms. The van der Waals surface area contributed by atoms with E-state index < -0.39 is 0 Å². The van der Waals surface area contributed by atoms with Crippen molar-refractivity contribution < 1.29 is 4.79 Å². The van der Waals surface area contributed by atoms with E-state index in [0.717, 1.165) is 12.8 Å². The quantitative estimate of drug-likeness (QED) is 0.493. The van der Waals surface area contributed by atoms with Crippen molar-refractivity contribution in [2.45, 2.75) is 84.0 Å². The minimum Gasteiger partial charge on any atom is -0.370 e. The summed E-state index contributed by atoms with van der Waals surface area (Å²) >= 11 is 0. The van der Waals surface area contributed by atoms with Crippen LogP contribution in [0.5, 0.6) is 0 Å². The summed E-state index contributed by atoms with van der Waals surface area (Å²) < 4.78 is 0. The van der Waals surface area contributed by atoms with E-state index in [1.165, 1.54) is 68.9 Å². The Balaban J connectivity index is 1.73. The Morgan fingerprint density at radius 1 is 1.21 bits per heavy atom. The molecule has 3 saturated carbocycles. The van der Waals surface area contributed by atoms with Gasteiger partial charge in [0.05, 0.1) is 0 Å². The van der Waals surface area contributed by atoms with Gasteiger partial charge in [-0.2, -0.15) is 0 Å². The lowest BCUT2D eigenvalue weighted by Gasteiger charge is -2.44. The molecule has 0 aromatic heterocycles. The summed E-state index contributed by atoms with van der Waals surface area (Å²) in [5.74, 6) is 1.71. The van der Waals surface area contributed by atoms with Gasteiger partial charge in [-0.3, -0.25) is 4.79 Å². The van der Waals surface area contributed by atoms with Crippen LogP contribution >= 0.6 is 0 Å². The molecule has 0 saturated heterocycles. The monoisotopic (exact) mass is 381 g/mol. The number of fused-ring (bicyclic) bond motifs is 1. The van der Waals surface area contributed by atoms with Crippen molar-refractivity contribution in [3.8, 4) is 0 Å². The van der Waals surface area contributed by atoms with Crippen LogP contribution in [-0.4, -0.2) is 5.91 Å². The molecule has 1 unspecified atom stereocenters. The van der Waals surface area contributed by atoms with Gasteiger partial charge < -0.3 is 5.73 Å². The van der Waals surface area contributed by atoms with E-state index in [-0.39, 0.29) is 5.91 Å². The van der Waals surface area contributed by atoms with Gasteiger partial charge in [-0.1, -0.05) is 42.9 Å².